The molecule has 0 bridgehead atoms. The summed E-state index contributed by atoms with van der Waals surface area (Å²) in [5.41, 5.74) is 0.784. The Labute approximate surface area is 129 Å². The van der Waals surface area contributed by atoms with E-state index in [0.29, 0.717) is 0 Å². The van der Waals surface area contributed by atoms with Gasteiger partial charge in [0.25, 0.3) is 0 Å². The van der Waals surface area contributed by atoms with Crippen LogP contribution in [0.4, 0.5) is 0 Å². The van der Waals surface area contributed by atoms with Crippen molar-refractivity contribution >= 4 is 16.1 Å². The van der Waals surface area contributed by atoms with E-state index < -0.39 is 27.8 Å². The molecule has 7 heteroatoms. The molecule has 0 aliphatic carbocycles. The summed E-state index contributed by atoms with van der Waals surface area (Å²) in [5.74, 6) is -2.38. The van der Waals surface area contributed by atoms with Crippen LogP contribution in [0, 0.1) is 5.92 Å². The second-order valence-electron chi connectivity index (χ2n) is 3.63. The van der Waals surface area contributed by atoms with Gasteiger partial charge in [-0.05, 0) is 12.0 Å². The number of carbonyl (C=O) groups excluding carboxylic acids is 1. The smallest absolute Gasteiger partial charge is 0.748 e. The first kappa shape index (κ1) is 17.6. The number of methoxy groups -OCH3 is 1. The number of esters is 1. The summed E-state index contributed by atoms with van der Waals surface area (Å²) >= 11 is 0. The second-order valence-corrected chi connectivity index (χ2v) is 5.08. The molecule has 1 atom stereocenters. The van der Waals surface area contributed by atoms with Crippen LogP contribution in [0.5, 0.6) is 0 Å². The van der Waals surface area contributed by atoms with Crippen molar-refractivity contribution in [1.82, 2.24) is 0 Å². The fourth-order valence-corrected chi connectivity index (χ4v) is 2.27. The van der Waals surface area contributed by atoms with E-state index in [1.807, 2.05) is 0 Å². The average molecular weight is 280 g/mol. The number of carbonyl (C=O) groups is 1. The van der Waals surface area contributed by atoms with Crippen LogP contribution < -0.4 is 29.6 Å². The van der Waals surface area contributed by atoms with Crippen LogP contribution >= 0.6 is 0 Å². The van der Waals surface area contributed by atoms with Gasteiger partial charge in [-0.15, -0.1) is 0 Å². The van der Waals surface area contributed by atoms with Crippen molar-refractivity contribution in [2.45, 2.75) is 6.42 Å². The van der Waals surface area contributed by atoms with Crippen LogP contribution in [0.2, 0.25) is 0 Å². The third-order valence-electron chi connectivity index (χ3n) is 2.26. The SMILES string of the molecule is COC(=O)C(Cc1ccccc1)CS(=O)(=O)[O-].[Na+]. The van der Waals surface area contributed by atoms with Gasteiger partial charge >= 0.3 is 35.5 Å². The van der Waals surface area contributed by atoms with Crippen LogP contribution in [-0.4, -0.2) is 31.8 Å². The quantitative estimate of drug-likeness (QED) is 0.340. The van der Waals surface area contributed by atoms with Gasteiger partial charge in [0.05, 0.1) is 28.9 Å². The summed E-state index contributed by atoms with van der Waals surface area (Å²) < 4.78 is 36.6. The van der Waals surface area contributed by atoms with E-state index in [1.54, 1.807) is 30.3 Å². The molecule has 0 aliphatic heterocycles. The van der Waals surface area contributed by atoms with E-state index >= 15 is 0 Å². The van der Waals surface area contributed by atoms with Crippen LogP contribution in [0.3, 0.4) is 0 Å². The topological polar surface area (TPSA) is 83.5 Å². The molecule has 1 unspecified atom stereocenters. The van der Waals surface area contributed by atoms with Crippen LogP contribution in [0.25, 0.3) is 0 Å². The summed E-state index contributed by atoms with van der Waals surface area (Å²) in [7, 11) is -3.28. The minimum Gasteiger partial charge on any atom is -0.748 e. The Morgan fingerprint density at radius 1 is 1.33 bits per heavy atom. The van der Waals surface area contributed by atoms with Crippen molar-refractivity contribution in [2.75, 3.05) is 12.9 Å². The number of rotatable bonds is 5. The van der Waals surface area contributed by atoms with Gasteiger partial charge in [-0.1, -0.05) is 30.3 Å². The van der Waals surface area contributed by atoms with E-state index in [-0.39, 0.29) is 36.0 Å². The molecular formula is C11H13NaO5S. The van der Waals surface area contributed by atoms with Crippen LogP contribution in [-0.2, 0) is 26.1 Å². The molecule has 0 spiro atoms. The molecule has 5 nitrogen and oxygen atoms in total. The van der Waals surface area contributed by atoms with Crippen molar-refractivity contribution in [3.8, 4) is 0 Å². The number of benzene rings is 1. The number of hydrogen-bond acceptors (Lipinski definition) is 5. The summed E-state index contributed by atoms with van der Waals surface area (Å²) in [6.45, 7) is 0. The van der Waals surface area contributed by atoms with Crippen molar-refractivity contribution in [2.24, 2.45) is 5.92 Å². The van der Waals surface area contributed by atoms with Gasteiger partial charge in [0.1, 0.15) is 0 Å². The molecule has 0 heterocycles. The molecule has 0 aliphatic rings. The van der Waals surface area contributed by atoms with Crippen molar-refractivity contribution in [3.63, 3.8) is 0 Å². The third kappa shape index (κ3) is 6.51. The first-order chi connectivity index (χ1) is 7.92. The van der Waals surface area contributed by atoms with Crippen molar-refractivity contribution < 1.29 is 52.1 Å². The Morgan fingerprint density at radius 3 is 2.33 bits per heavy atom. The Bertz CT molecular complexity index is 471. The molecule has 0 N–H and O–H groups in total. The van der Waals surface area contributed by atoms with Gasteiger partial charge in [0.2, 0.25) is 0 Å². The van der Waals surface area contributed by atoms with Crippen LogP contribution in [0.15, 0.2) is 30.3 Å². The predicted molar refractivity (Wildman–Crippen MR) is 60.2 cm³/mol. The minimum atomic E-state index is -4.45. The molecule has 0 aromatic heterocycles. The normalized spacial score (nSPS) is 12.3. The van der Waals surface area contributed by atoms with E-state index in [1.165, 1.54) is 0 Å². The maximum absolute atomic E-state index is 11.4. The molecular weight excluding hydrogens is 267 g/mol. The monoisotopic (exact) mass is 280 g/mol. The van der Waals surface area contributed by atoms with E-state index in [0.717, 1.165) is 12.7 Å². The van der Waals surface area contributed by atoms with Crippen molar-refractivity contribution in [1.29, 1.82) is 0 Å². The number of ether oxygens (including phenoxy) is 1. The van der Waals surface area contributed by atoms with Gasteiger partial charge in [0, 0.05) is 0 Å². The van der Waals surface area contributed by atoms with E-state index in [2.05, 4.69) is 4.74 Å². The largest absolute Gasteiger partial charge is 1.00 e. The number of hydrogen-bond donors (Lipinski definition) is 0. The molecule has 1 aromatic carbocycles. The molecule has 1 rings (SSSR count). The summed E-state index contributed by atoms with van der Waals surface area (Å²) in [6.07, 6.45) is 0.176. The van der Waals surface area contributed by atoms with E-state index in [9.17, 15) is 17.8 Å². The second kappa shape index (κ2) is 7.91. The Hall–Kier alpha value is -0.400. The maximum Gasteiger partial charge on any atom is 1.00 e. The molecule has 18 heavy (non-hydrogen) atoms. The Balaban J connectivity index is 0.00000289. The molecule has 0 saturated carbocycles. The van der Waals surface area contributed by atoms with Gasteiger partial charge in [-0.3, -0.25) is 4.79 Å². The van der Waals surface area contributed by atoms with Gasteiger partial charge < -0.3 is 9.29 Å². The van der Waals surface area contributed by atoms with Gasteiger partial charge in [0.15, 0.2) is 0 Å². The zero-order valence-corrected chi connectivity index (χ0v) is 13.1. The predicted octanol–water partition coefficient (Wildman–Crippen LogP) is -2.43. The first-order valence-corrected chi connectivity index (χ1v) is 6.55. The summed E-state index contributed by atoms with van der Waals surface area (Å²) in [5, 5.41) is 0. The molecule has 94 valence electrons. The molecule has 0 radical (unpaired) electrons. The van der Waals surface area contributed by atoms with Gasteiger partial charge in [-0.2, -0.15) is 0 Å². The minimum absolute atomic E-state index is 0. The maximum atomic E-state index is 11.4. The average Bonchev–Trinajstić information content (AvgIpc) is 2.27. The fraction of sp³-hybridized carbons (Fsp3) is 0.364. The zero-order valence-electron chi connectivity index (χ0n) is 10.3. The third-order valence-corrected chi connectivity index (χ3v) is 3.08. The molecule has 0 amide bonds. The zero-order chi connectivity index (χ0) is 12.9. The molecule has 1 aromatic rings. The molecule has 0 saturated heterocycles. The Kier molecular flexibility index (Phi) is 7.73. The first-order valence-electron chi connectivity index (χ1n) is 4.97. The van der Waals surface area contributed by atoms with Gasteiger partial charge in [-0.25, -0.2) is 8.42 Å². The summed E-state index contributed by atoms with van der Waals surface area (Å²) in [6, 6.07) is 8.87. The van der Waals surface area contributed by atoms with Crippen molar-refractivity contribution in [3.05, 3.63) is 35.9 Å². The fourth-order valence-electron chi connectivity index (χ4n) is 1.52. The van der Waals surface area contributed by atoms with Crippen LogP contribution in [0.1, 0.15) is 5.56 Å². The van der Waals surface area contributed by atoms with E-state index in [4.69, 9.17) is 0 Å². The molecule has 0 fully saturated rings. The summed E-state index contributed by atoms with van der Waals surface area (Å²) in [4.78, 5) is 11.4. The standard InChI is InChI=1S/C11H14O5S.Na/c1-16-11(12)10(8-17(13,14)15)7-9-5-3-2-4-6-9;/h2-6,10H,7-8H2,1H3,(H,13,14,15);/q;+1/p-1. The Morgan fingerprint density at radius 2 is 1.89 bits per heavy atom.